The van der Waals surface area contributed by atoms with Gasteiger partial charge < -0.3 is 15.5 Å². The Morgan fingerprint density at radius 3 is 2.48 bits per heavy atom. The summed E-state index contributed by atoms with van der Waals surface area (Å²) >= 11 is 0. The van der Waals surface area contributed by atoms with Crippen molar-refractivity contribution in [2.24, 2.45) is 0 Å². The lowest BCUT2D eigenvalue weighted by molar-refractivity contribution is -0.129. The van der Waals surface area contributed by atoms with Gasteiger partial charge in [-0.3, -0.25) is 4.79 Å². The van der Waals surface area contributed by atoms with Crippen LogP contribution < -0.4 is 10.6 Å². The van der Waals surface area contributed by atoms with Crippen LogP contribution in [-0.2, 0) is 4.79 Å². The number of nitrogens with zero attached hydrogens (tertiary/aromatic N) is 1. The Bertz CT molecular complexity index is 442. The van der Waals surface area contributed by atoms with Crippen molar-refractivity contribution >= 4 is 36.4 Å². The number of hydrogen-bond acceptors (Lipinski definition) is 3. The summed E-state index contributed by atoms with van der Waals surface area (Å²) in [7, 11) is 1.90. The third-order valence-electron chi connectivity index (χ3n) is 3.87. The van der Waals surface area contributed by atoms with Gasteiger partial charge in [-0.25, -0.2) is 0 Å². The molecule has 1 aromatic carbocycles. The van der Waals surface area contributed by atoms with Crippen LogP contribution >= 0.6 is 24.8 Å². The standard InChI is InChI=1S/C15H23N3O.2ClH/c1-11-5-4-6-12(2)15(11)17-10-14(19)18(3)13-7-8-16-9-13;;/h4-6,13,16-17H,7-10H2,1-3H3;2*1H. The average Bonchev–Trinajstić information content (AvgIpc) is 2.90. The number of anilines is 1. The highest BCUT2D eigenvalue weighted by Crippen LogP contribution is 2.19. The molecule has 1 saturated heterocycles. The Balaban J connectivity index is 0.00000200. The van der Waals surface area contributed by atoms with Crippen LogP contribution in [0, 0.1) is 13.8 Å². The van der Waals surface area contributed by atoms with E-state index in [4.69, 9.17) is 0 Å². The van der Waals surface area contributed by atoms with E-state index in [0.717, 1.165) is 25.2 Å². The van der Waals surface area contributed by atoms with Gasteiger partial charge in [0.25, 0.3) is 0 Å². The first-order valence-corrected chi connectivity index (χ1v) is 6.86. The Kier molecular flexibility index (Phi) is 8.71. The molecule has 6 heteroatoms. The van der Waals surface area contributed by atoms with Crippen molar-refractivity contribution in [3.05, 3.63) is 29.3 Å². The number of halogens is 2. The van der Waals surface area contributed by atoms with Crippen LogP contribution in [0.2, 0.25) is 0 Å². The number of hydrogen-bond donors (Lipinski definition) is 2. The Morgan fingerprint density at radius 2 is 1.95 bits per heavy atom. The Labute approximate surface area is 139 Å². The van der Waals surface area contributed by atoms with Crippen molar-refractivity contribution in [3.8, 4) is 0 Å². The molecular formula is C15H25Cl2N3O. The molecule has 1 aliphatic heterocycles. The molecule has 1 aliphatic rings. The molecule has 0 spiro atoms. The summed E-state index contributed by atoms with van der Waals surface area (Å²) in [6.07, 6.45) is 1.05. The summed E-state index contributed by atoms with van der Waals surface area (Å²) in [5, 5.41) is 6.56. The van der Waals surface area contributed by atoms with Crippen LogP contribution in [0.25, 0.3) is 0 Å². The molecule has 1 unspecified atom stereocenters. The SMILES string of the molecule is Cc1cccc(C)c1NCC(=O)N(C)C1CCNC1.Cl.Cl. The Morgan fingerprint density at radius 1 is 1.33 bits per heavy atom. The number of rotatable bonds is 4. The minimum Gasteiger partial charge on any atom is -0.376 e. The minimum absolute atomic E-state index is 0. The maximum atomic E-state index is 12.2. The highest BCUT2D eigenvalue weighted by Gasteiger charge is 2.22. The maximum absolute atomic E-state index is 12.2. The van der Waals surface area contributed by atoms with Crippen LogP contribution in [0.1, 0.15) is 17.5 Å². The third-order valence-corrected chi connectivity index (χ3v) is 3.87. The van der Waals surface area contributed by atoms with E-state index in [2.05, 4.69) is 36.6 Å². The lowest BCUT2D eigenvalue weighted by Gasteiger charge is -2.24. The largest absolute Gasteiger partial charge is 0.376 e. The van der Waals surface area contributed by atoms with Gasteiger partial charge in [-0.1, -0.05) is 18.2 Å². The van der Waals surface area contributed by atoms with Crippen molar-refractivity contribution in [2.75, 3.05) is 32.0 Å². The van der Waals surface area contributed by atoms with Gasteiger partial charge >= 0.3 is 0 Å². The number of aryl methyl sites for hydroxylation is 2. The average molecular weight is 334 g/mol. The third kappa shape index (κ3) is 5.06. The number of amides is 1. The number of carbonyl (C=O) groups excluding carboxylic acids is 1. The molecule has 1 atom stereocenters. The van der Waals surface area contributed by atoms with Gasteiger partial charge in [-0.15, -0.1) is 24.8 Å². The second-order valence-electron chi connectivity index (χ2n) is 5.27. The smallest absolute Gasteiger partial charge is 0.241 e. The molecule has 1 heterocycles. The van der Waals surface area contributed by atoms with E-state index in [-0.39, 0.29) is 30.7 Å². The van der Waals surface area contributed by atoms with E-state index in [9.17, 15) is 4.79 Å². The van der Waals surface area contributed by atoms with Gasteiger partial charge in [-0.2, -0.15) is 0 Å². The summed E-state index contributed by atoms with van der Waals surface area (Å²) in [6, 6.07) is 6.50. The molecule has 2 N–H and O–H groups in total. The van der Waals surface area contributed by atoms with Crippen molar-refractivity contribution < 1.29 is 4.79 Å². The fraction of sp³-hybridized carbons (Fsp3) is 0.533. The van der Waals surface area contributed by atoms with E-state index in [1.807, 2.05) is 18.0 Å². The number of nitrogens with one attached hydrogen (secondary N) is 2. The second-order valence-corrected chi connectivity index (χ2v) is 5.27. The molecule has 0 saturated carbocycles. The van der Waals surface area contributed by atoms with Crippen molar-refractivity contribution in [1.29, 1.82) is 0 Å². The summed E-state index contributed by atoms with van der Waals surface area (Å²) in [6.45, 7) is 6.39. The van der Waals surface area contributed by atoms with Gasteiger partial charge in [-0.05, 0) is 37.9 Å². The predicted molar refractivity (Wildman–Crippen MR) is 92.9 cm³/mol. The van der Waals surface area contributed by atoms with Crippen LogP contribution in [0.15, 0.2) is 18.2 Å². The molecule has 120 valence electrons. The lowest BCUT2D eigenvalue weighted by Crippen LogP contribution is -2.41. The lowest BCUT2D eigenvalue weighted by atomic mass is 10.1. The van der Waals surface area contributed by atoms with Gasteiger partial charge in [0.1, 0.15) is 0 Å². The van der Waals surface area contributed by atoms with Crippen LogP contribution in [0.5, 0.6) is 0 Å². The first-order valence-electron chi connectivity index (χ1n) is 6.86. The monoisotopic (exact) mass is 333 g/mol. The molecule has 1 amide bonds. The molecule has 0 aromatic heterocycles. The van der Waals surface area contributed by atoms with Gasteiger partial charge in [0.2, 0.25) is 5.91 Å². The van der Waals surface area contributed by atoms with E-state index in [1.165, 1.54) is 11.1 Å². The number of carbonyl (C=O) groups is 1. The number of likely N-dealkylation sites (N-methyl/N-ethyl adjacent to an activating group) is 1. The van der Waals surface area contributed by atoms with Crippen LogP contribution in [0.3, 0.4) is 0 Å². The van der Waals surface area contributed by atoms with E-state index in [0.29, 0.717) is 12.6 Å². The first kappa shape index (κ1) is 20.0. The molecule has 0 bridgehead atoms. The normalized spacial score (nSPS) is 16.6. The van der Waals surface area contributed by atoms with E-state index < -0.39 is 0 Å². The second kappa shape index (κ2) is 9.13. The zero-order valence-corrected chi connectivity index (χ0v) is 14.4. The van der Waals surface area contributed by atoms with Crippen molar-refractivity contribution in [2.45, 2.75) is 26.3 Å². The first-order chi connectivity index (χ1) is 9.09. The molecular weight excluding hydrogens is 309 g/mol. The molecule has 21 heavy (non-hydrogen) atoms. The number of para-hydroxylation sites is 1. The number of benzene rings is 1. The molecule has 0 aliphatic carbocycles. The highest BCUT2D eigenvalue weighted by atomic mass is 35.5. The summed E-state index contributed by atoms with van der Waals surface area (Å²) in [4.78, 5) is 14.0. The Hall–Kier alpha value is -0.970. The molecule has 0 radical (unpaired) electrons. The van der Waals surface area contributed by atoms with Crippen molar-refractivity contribution in [3.63, 3.8) is 0 Å². The summed E-state index contributed by atoms with van der Waals surface area (Å²) in [5.74, 6) is 0.149. The quantitative estimate of drug-likeness (QED) is 0.889. The maximum Gasteiger partial charge on any atom is 0.241 e. The summed E-state index contributed by atoms with van der Waals surface area (Å²) < 4.78 is 0. The predicted octanol–water partition coefficient (Wildman–Crippen LogP) is 2.38. The fourth-order valence-corrected chi connectivity index (χ4v) is 2.56. The van der Waals surface area contributed by atoms with Gasteiger partial charge in [0, 0.05) is 25.3 Å². The van der Waals surface area contributed by atoms with Gasteiger partial charge in [0.05, 0.1) is 6.54 Å². The zero-order valence-electron chi connectivity index (χ0n) is 12.8. The molecule has 4 nitrogen and oxygen atoms in total. The summed E-state index contributed by atoms with van der Waals surface area (Å²) in [5.41, 5.74) is 3.43. The fourth-order valence-electron chi connectivity index (χ4n) is 2.56. The minimum atomic E-state index is 0. The zero-order chi connectivity index (χ0) is 13.8. The topological polar surface area (TPSA) is 44.4 Å². The van der Waals surface area contributed by atoms with Gasteiger partial charge in [0.15, 0.2) is 0 Å². The van der Waals surface area contributed by atoms with E-state index in [1.54, 1.807) is 0 Å². The van der Waals surface area contributed by atoms with Crippen LogP contribution in [0.4, 0.5) is 5.69 Å². The van der Waals surface area contributed by atoms with E-state index >= 15 is 0 Å². The highest BCUT2D eigenvalue weighted by molar-refractivity contribution is 5.85. The van der Waals surface area contributed by atoms with Crippen molar-refractivity contribution in [1.82, 2.24) is 10.2 Å². The molecule has 1 aromatic rings. The van der Waals surface area contributed by atoms with Crippen LogP contribution in [-0.4, -0.2) is 43.5 Å². The molecule has 2 rings (SSSR count). The molecule has 1 fully saturated rings.